The second-order valence-corrected chi connectivity index (χ2v) is 9.38. The number of carbonyl (C=O) groups excluding carboxylic acids is 2. The number of non-ortho nitro benzene ring substituents is 1. The third-order valence-electron chi connectivity index (χ3n) is 6.11. The zero-order chi connectivity index (χ0) is 24.7. The smallest absolute Gasteiger partial charge is 0.293 e. The first-order chi connectivity index (χ1) is 16.8. The third-order valence-corrected chi connectivity index (χ3v) is 7.02. The lowest BCUT2D eigenvalue weighted by Crippen LogP contribution is -2.27. The van der Waals surface area contributed by atoms with E-state index in [9.17, 15) is 19.7 Å². The lowest BCUT2D eigenvalue weighted by Gasteiger charge is -2.12. The minimum Gasteiger partial charge on any atom is -0.318 e. The van der Waals surface area contributed by atoms with Gasteiger partial charge in [0.05, 0.1) is 16.4 Å². The van der Waals surface area contributed by atoms with Crippen molar-refractivity contribution < 1.29 is 14.5 Å². The molecule has 8 heteroatoms. The molecular formula is C27H21N3O4S. The summed E-state index contributed by atoms with van der Waals surface area (Å²) < 4.78 is 2.14. The first-order valence-corrected chi connectivity index (χ1v) is 11.8. The Morgan fingerprint density at radius 1 is 0.943 bits per heavy atom. The van der Waals surface area contributed by atoms with Crippen LogP contribution >= 0.6 is 11.8 Å². The minimum absolute atomic E-state index is 0.0374. The van der Waals surface area contributed by atoms with Gasteiger partial charge < -0.3 is 4.57 Å². The van der Waals surface area contributed by atoms with Gasteiger partial charge in [0.1, 0.15) is 0 Å². The molecule has 0 unspecified atom stereocenters. The number of rotatable bonds is 5. The molecule has 0 N–H and O–H groups in total. The van der Waals surface area contributed by atoms with E-state index in [4.69, 9.17) is 0 Å². The molecule has 35 heavy (non-hydrogen) atoms. The van der Waals surface area contributed by atoms with Crippen molar-refractivity contribution in [2.45, 2.75) is 20.4 Å². The minimum atomic E-state index is -0.485. The molecule has 1 aliphatic rings. The SMILES string of the molecule is Cc1cc(/C=C2\SC(=O)N(Cc3ccc([N+](=O)[O-])cc3)C2=O)c(C)n1-c1ccc2ccccc2c1. The first-order valence-electron chi connectivity index (χ1n) is 11.0. The van der Waals surface area contributed by atoms with E-state index in [0.717, 1.165) is 39.8 Å². The van der Waals surface area contributed by atoms with Gasteiger partial charge in [0, 0.05) is 29.2 Å². The number of amides is 2. The van der Waals surface area contributed by atoms with Gasteiger partial charge in [-0.25, -0.2) is 0 Å². The Bertz CT molecular complexity index is 1540. The molecule has 0 spiro atoms. The highest BCUT2D eigenvalue weighted by atomic mass is 32.2. The number of imide groups is 1. The van der Waals surface area contributed by atoms with E-state index >= 15 is 0 Å². The number of carbonyl (C=O) groups is 2. The molecule has 0 radical (unpaired) electrons. The van der Waals surface area contributed by atoms with Gasteiger partial charge in [-0.2, -0.15) is 0 Å². The van der Waals surface area contributed by atoms with Crippen LogP contribution in [0.4, 0.5) is 10.5 Å². The van der Waals surface area contributed by atoms with E-state index in [1.807, 2.05) is 32.0 Å². The Hall–Kier alpha value is -4.17. The average Bonchev–Trinajstić information content (AvgIpc) is 3.28. The van der Waals surface area contributed by atoms with Crippen LogP contribution in [-0.4, -0.2) is 25.5 Å². The molecule has 2 amide bonds. The van der Waals surface area contributed by atoms with Crippen molar-refractivity contribution in [2.24, 2.45) is 0 Å². The van der Waals surface area contributed by atoms with Crippen LogP contribution in [0.15, 0.2) is 77.7 Å². The van der Waals surface area contributed by atoms with E-state index in [1.165, 1.54) is 22.4 Å². The summed E-state index contributed by atoms with van der Waals surface area (Å²) in [7, 11) is 0. The Balaban J connectivity index is 1.42. The highest BCUT2D eigenvalue weighted by Crippen LogP contribution is 2.35. The van der Waals surface area contributed by atoms with Crippen molar-refractivity contribution in [3.05, 3.63) is 110 Å². The van der Waals surface area contributed by atoms with Crippen LogP contribution in [0.1, 0.15) is 22.5 Å². The largest absolute Gasteiger partial charge is 0.318 e. The third kappa shape index (κ3) is 4.24. The maximum atomic E-state index is 13.0. The average molecular weight is 484 g/mol. The van der Waals surface area contributed by atoms with Crippen molar-refractivity contribution in [2.75, 3.05) is 0 Å². The predicted molar refractivity (Wildman–Crippen MR) is 137 cm³/mol. The number of nitrogens with zero attached hydrogens (tertiary/aromatic N) is 3. The molecule has 4 aromatic rings. The molecule has 1 aromatic heterocycles. The van der Waals surface area contributed by atoms with Gasteiger partial charge in [-0.05, 0) is 71.8 Å². The van der Waals surface area contributed by atoms with Crippen molar-refractivity contribution in [3.63, 3.8) is 0 Å². The summed E-state index contributed by atoms with van der Waals surface area (Å²) in [6.45, 7) is 4.07. The van der Waals surface area contributed by atoms with Gasteiger partial charge in [-0.3, -0.25) is 24.6 Å². The van der Waals surface area contributed by atoms with Crippen LogP contribution in [0, 0.1) is 24.0 Å². The number of benzene rings is 3. The molecule has 1 aliphatic heterocycles. The lowest BCUT2D eigenvalue weighted by atomic mass is 10.1. The molecule has 3 aromatic carbocycles. The van der Waals surface area contributed by atoms with E-state index in [0.29, 0.717) is 10.5 Å². The van der Waals surface area contributed by atoms with Crippen LogP contribution in [0.2, 0.25) is 0 Å². The van der Waals surface area contributed by atoms with Gasteiger partial charge >= 0.3 is 0 Å². The topological polar surface area (TPSA) is 85.5 Å². The summed E-state index contributed by atoms with van der Waals surface area (Å²) in [6.07, 6.45) is 1.76. The van der Waals surface area contributed by atoms with Gasteiger partial charge in [-0.15, -0.1) is 0 Å². The predicted octanol–water partition coefficient (Wildman–Crippen LogP) is 6.39. The monoisotopic (exact) mass is 483 g/mol. The summed E-state index contributed by atoms with van der Waals surface area (Å²) in [6, 6.07) is 22.3. The van der Waals surface area contributed by atoms with Crippen LogP contribution in [-0.2, 0) is 11.3 Å². The fourth-order valence-electron chi connectivity index (χ4n) is 4.33. The van der Waals surface area contributed by atoms with Crippen LogP contribution in [0.3, 0.4) is 0 Å². The fraction of sp³-hybridized carbons (Fsp3) is 0.111. The summed E-state index contributed by atoms with van der Waals surface area (Å²) in [5.74, 6) is -0.367. The van der Waals surface area contributed by atoms with Crippen molar-refractivity contribution in [3.8, 4) is 5.69 Å². The zero-order valence-corrected chi connectivity index (χ0v) is 19.9. The Labute approximate surface area is 205 Å². The molecule has 0 atom stereocenters. The van der Waals surface area contributed by atoms with Gasteiger partial charge in [0.25, 0.3) is 16.8 Å². The highest BCUT2D eigenvalue weighted by molar-refractivity contribution is 8.18. The Morgan fingerprint density at radius 2 is 1.66 bits per heavy atom. The van der Waals surface area contributed by atoms with Crippen molar-refractivity contribution >= 4 is 45.4 Å². The first kappa shape index (κ1) is 22.6. The lowest BCUT2D eigenvalue weighted by molar-refractivity contribution is -0.384. The molecule has 5 rings (SSSR count). The number of hydrogen-bond acceptors (Lipinski definition) is 5. The van der Waals surface area contributed by atoms with Crippen molar-refractivity contribution in [1.82, 2.24) is 9.47 Å². The number of hydrogen-bond donors (Lipinski definition) is 0. The van der Waals surface area contributed by atoms with Gasteiger partial charge in [0.15, 0.2) is 0 Å². The van der Waals surface area contributed by atoms with Crippen LogP contribution < -0.4 is 0 Å². The molecule has 0 bridgehead atoms. The van der Waals surface area contributed by atoms with E-state index in [2.05, 4.69) is 34.9 Å². The van der Waals surface area contributed by atoms with Gasteiger partial charge in [-0.1, -0.05) is 42.5 Å². The van der Waals surface area contributed by atoms with E-state index < -0.39 is 4.92 Å². The molecule has 7 nitrogen and oxygen atoms in total. The Morgan fingerprint density at radius 3 is 2.37 bits per heavy atom. The van der Waals surface area contributed by atoms with E-state index in [-0.39, 0.29) is 23.4 Å². The molecule has 0 saturated carbocycles. The van der Waals surface area contributed by atoms with Crippen molar-refractivity contribution in [1.29, 1.82) is 0 Å². The number of aromatic nitrogens is 1. The molecular weight excluding hydrogens is 462 g/mol. The zero-order valence-electron chi connectivity index (χ0n) is 19.1. The number of thioether (sulfide) groups is 1. The molecule has 0 aliphatic carbocycles. The van der Waals surface area contributed by atoms with Crippen LogP contribution in [0.5, 0.6) is 0 Å². The second kappa shape index (κ2) is 8.88. The summed E-state index contributed by atoms with van der Waals surface area (Å²) in [5.41, 5.74) is 4.51. The standard InChI is InChI=1S/C27H21N3O4S/c1-17-13-22(18(2)29(17)24-12-9-20-5-3-4-6-21(20)14-24)15-25-26(31)28(27(32)35-25)16-19-7-10-23(11-8-19)30(33)34/h3-15H,16H2,1-2H3/b25-15-. The number of nitro groups is 1. The molecule has 1 fully saturated rings. The number of fused-ring (bicyclic) bond motifs is 1. The normalized spacial score (nSPS) is 14.9. The summed E-state index contributed by atoms with van der Waals surface area (Å²) in [5, 5.41) is 12.8. The van der Waals surface area contributed by atoms with E-state index in [1.54, 1.807) is 18.2 Å². The number of nitro benzene ring substituents is 1. The highest BCUT2D eigenvalue weighted by Gasteiger charge is 2.35. The van der Waals surface area contributed by atoms with Gasteiger partial charge in [0.2, 0.25) is 0 Å². The molecule has 2 heterocycles. The molecule has 1 saturated heterocycles. The maximum absolute atomic E-state index is 13.0. The number of aryl methyl sites for hydroxylation is 1. The fourth-order valence-corrected chi connectivity index (χ4v) is 5.16. The summed E-state index contributed by atoms with van der Waals surface area (Å²) in [4.78, 5) is 37.5. The molecule has 174 valence electrons. The quantitative estimate of drug-likeness (QED) is 0.186. The Kier molecular flexibility index (Phi) is 5.74. The van der Waals surface area contributed by atoms with Crippen LogP contribution in [0.25, 0.3) is 22.5 Å². The summed E-state index contributed by atoms with van der Waals surface area (Å²) >= 11 is 0.906. The second-order valence-electron chi connectivity index (χ2n) is 8.38. The maximum Gasteiger partial charge on any atom is 0.293 e.